The van der Waals surface area contributed by atoms with Crippen LogP contribution in [0.2, 0.25) is 5.02 Å². The molecule has 1 saturated heterocycles. The Bertz CT molecular complexity index is 1030. The molecule has 0 spiro atoms. The molecule has 0 aliphatic carbocycles. The maximum atomic E-state index is 13.5. The van der Waals surface area contributed by atoms with Crippen LogP contribution in [0.5, 0.6) is 0 Å². The maximum absolute atomic E-state index is 13.5. The number of carbonyl (C=O) groups excluding carboxylic acids is 2. The highest BCUT2D eigenvalue weighted by Gasteiger charge is 2.35. The van der Waals surface area contributed by atoms with Gasteiger partial charge >= 0.3 is 0 Å². The number of morpholine rings is 1. The third kappa shape index (κ3) is 5.68. The summed E-state index contributed by atoms with van der Waals surface area (Å²) in [6.07, 6.45) is 2.92. The number of aromatic nitrogens is 1. The molecule has 2 aliphatic rings. The monoisotopic (exact) mass is 485 g/mol. The van der Waals surface area contributed by atoms with Crippen molar-refractivity contribution in [3.8, 4) is 0 Å². The predicted molar refractivity (Wildman–Crippen MR) is 132 cm³/mol. The first kappa shape index (κ1) is 24.4. The largest absolute Gasteiger partial charge is 0.379 e. The number of aryl methyl sites for hydroxylation is 1. The van der Waals surface area contributed by atoms with Gasteiger partial charge in [0, 0.05) is 57.3 Å². The zero-order valence-corrected chi connectivity index (χ0v) is 20.6. The topological polar surface area (TPSA) is 70.4 Å². The summed E-state index contributed by atoms with van der Waals surface area (Å²) in [6.45, 7) is 6.15. The van der Waals surface area contributed by atoms with Crippen LogP contribution in [0.15, 0.2) is 47.7 Å². The van der Waals surface area contributed by atoms with Crippen molar-refractivity contribution in [1.82, 2.24) is 19.4 Å². The Morgan fingerprint density at radius 3 is 2.56 bits per heavy atom. The molecule has 2 amide bonds. The number of benzene rings is 1. The summed E-state index contributed by atoms with van der Waals surface area (Å²) < 4.78 is 7.41. The molecule has 0 unspecified atom stereocenters. The number of hydrazone groups is 1. The molecular weight excluding hydrogens is 454 g/mol. The molecule has 9 heteroatoms. The van der Waals surface area contributed by atoms with Crippen LogP contribution >= 0.6 is 11.6 Å². The highest BCUT2D eigenvalue weighted by atomic mass is 35.5. The summed E-state index contributed by atoms with van der Waals surface area (Å²) in [7, 11) is 1.97. The summed E-state index contributed by atoms with van der Waals surface area (Å²) in [6, 6.07) is 11.2. The van der Waals surface area contributed by atoms with Crippen molar-refractivity contribution in [2.45, 2.75) is 25.8 Å². The molecule has 1 aromatic heterocycles. The molecular formula is C25H32ClN5O3. The van der Waals surface area contributed by atoms with E-state index in [0.29, 0.717) is 37.6 Å². The van der Waals surface area contributed by atoms with E-state index in [2.05, 4.69) is 4.90 Å². The molecule has 0 bridgehead atoms. The van der Waals surface area contributed by atoms with Gasteiger partial charge in [0.15, 0.2) is 0 Å². The molecule has 3 heterocycles. The van der Waals surface area contributed by atoms with Gasteiger partial charge in [-0.05, 0) is 29.8 Å². The summed E-state index contributed by atoms with van der Waals surface area (Å²) in [4.78, 5) is 30.1. The molecule has 1 atom stereocenters. The fraction of sp³-hybridized carbons (Fsp3) is 0.480. The lowest BCUT2D eigenvalue weighted by Gasteiger charge is -2.31. The fourth-order valence-corrected chi connectivity index (χ4v) is 4.56. The van der Waals surface area contributed by atoms with Crippen molar-refractivity contribution < 1.29 is 14.3 Å². The van der Waals surface area contributed by atoms with E-state index >= 15 is 0 Å². The SMILES string of the molecule is CCC(=O)N(CCN1CCOCC1)CC(=O)N1N=C(c2cccn2C)C[C@@H]1c1ccc(Cl)cc1. The van der Waals surface area contributed by atoms with Gasteiger partial charge in [-0.2, -0.15) is 5.10 Å². The number of hydrogen-bond acceptors (Lipinski definition) is 5. The Labute approximate surface area is 205 Å². The first-order valence-electron chi connectivity index (χ1n) is 11.8. The zero-order valence-electron chi connectivity index (χ0n) is 19.8. The number of carbonyl (C=O) groups is 2. The second kappa shape index (κ2) is 11.2. The van der Waals surface area contributed by atoms with Gasteiger partial charge in [-0.1, -0.05) is 30.7 Å². The normalized spacial score (nSPS) is 18.7. The van der Waals surface area contributed by atoms with Gasteiger partial charge in [0.1, 0.15) is 6.54 Å². The average molecular weight is 486 g/mol. The van der Waals surface area contributed by atoms with Crippen LogP contribution < -0.4 is 0 Å². The average Bonchev–Trinajstić information content (AvgIpc) is 3.48. The lowest BCUT2D eigenvalue weighted by molar-refractivity contribution is -0.141. The predicted octanol–water partition coefficient (Wildman–Crippen LogP) is 2.93. The zero-order chi connectivity index (χ0) is 24.1. The van der Waals surface area contributed by atoms with Crippen molar-refractivity contribution in [3.63, 3.8) is 0 Å². The van der Waals surface area contributed by atoms with Crippen LogP contribution in [-0.4, -0.2) is 82.8 Å². The maximum Gasteiger partial charge on any atom is 0.262 e. The molecule has 1 aromatic carbocycles. The third-order valence-electron chi connectivity index (χ3n) is 6.43. The summed E-state index contributed by atoms with van der Waals surface area (Å²) >= 11 is 6.10. The van der Waals surface area contributed by atoms with E-state index in [4.69, 9.17) is 21.4 Å². The van der Waals surface area contributed by atoms with Crippen LogP contribution in [0.3, 0.4) is 0 Å². The van der Waals surface area contributed by atoms with Crippen LogP contribution in [0.4, 0.5) is 0 Å². The summed E-state index contributed by atoms with van der Waals surface area (Å²) in [5.74, 6) is -0.219. The number of ether oxygens (including phenoxy) is 1. The van der Waals surface area contributed by atoms with Gasteiger partial charge in [0.05, 0.1) is 30.7 Å². The Morgan fingerprint density at radius 2 is 1.91 bits per heavy atom. The Morgan fingerprint density at radius 1 is 1.18 bits per heavy atom. The van der Waals surface area contributed by atoms with Gasteiger partial charge in [0.2, 0.25) is 5.91 Å². The number of nitrogens with zero attached hydrogens (tertiary/aromatic N) is 5. The van der Waals surface area contributed by atoms with E-state index in [1.165, 1.54) is 0 Å². The quantitative estimate of drug-likeness (QED) is 0.576. The number of rotatable bonds is 8. The van der Waals surface area contributed by atoms with E-state index in [1.807, 2.05) is 61.1 Å². The number of halogens is 1. The smallest absolute Gasteiger partial charge is 0.262 e. The molecule has 0 radical (unpaired) electrons. The molecule has 0 N–H and O–H groups in total. The lowest BCUT2D eigenvalue weighted by Crippen LogP contribution is -2.46. The fourth-order valence-electron chi connectivity index (χ4n) is 4.44. The van der Waals surface area contributed by atoms with Crippen molar-refractivity contribution >= 4 is 29.1 Å². The van der Waals surface area contributed by atoms with Crippen molar-refractivity contribution in [2.24, 2.45) is 12.1 Å². The van der Waals surface area contributed by atoms with Crippen LogP contribution in [0.1, 0.15) is 37.1 Å². The second-order valence-corrected chi connectivity index (χ2v) is 9.12. The van der Waals surface area contributed by atoms with E-state index in [1.54, 1.807) is 9.91 Å². The highest BCUT2D eigenvalue weighted by molar-refractivity contribution is 6.30. The first-order chi connectivity index (χ1) is 16.5. The lowest BCUT2D eigenvalue weighted by atomic mass is 10.0. The minimum atomic E-state index is -0.243. The first-order valence-corrected chi connectivity index (χ1v) is 12.2. The molecule has 4 rings (SSSR count). The molecule has 182 valence electrons. The van der Waals surface area contributed by atoms with Crippen LogP contribution in [0.25, 0.3) is 0 Å². The van der Waals surface area contributed by atoms with Gasteiger partial charge in [-0.15, -0.1) is 0 Å². The van der Waals surface area contributed by atoms with E-state index in [9.17, 15) is 9.59 Å². The van der Waals surface area contributed by atoms with Gasteiger partial charge in [-0.25, -0.2) is 5.01 Å². The third-order valence-corrected chi connectivity index (χ3v) is 6.68. The summed E-state index contributed by atoms with van der Waals surface area (Å²) in [5.41, 5.74) is 2.79. The number of hydrogen-bond donors (Lipinski definition) is 0. The second-order valence-electron chi connectivity index (χ2n) is 8.68. The van der Waals surface area contributed by atoms with Gasteiger partial charge in [0.25, 0.3) is 5.91 Å². The molecule has 2 aliphatic heterocycles. The van der Waals surface area contributed by atoms with Gasteiger partial charge in [-0.3, -0.25) is 14.5 Å². The van der Waals surface area contributed by atoms with Crippen LogP contribution in [-0.2, 0) is 21.4 Å². The van der Waals surface area contributed by atoms with Crippen LogP contribution in [0, 0.1) is 0 Å². The minimum absolute atomic E-state index is 0.00498. The van der Waals surface area contributed by atoms with Gasteiger partial charge < -0.3 is 14.2 Å². The van der Waals surface area contributed by atoms with Crippen molar-refractivity contribution in [3.05, 3.63) is 58.9 Å². The molecule has 1 fully saturated rings. The van der Waals surface area contributed by atoms with Crippen molar-refractivity contribution in [1.29, 1.82) is 0 Å². The van der Waals surface area contributed by atoms with E-state index < -0.39 is 0 Å². The summed E-state index contributed by atoms with van der Waals surface area (Å²) in [5, 5.41) is 6.94. The molecule has 0 saturated carbocycles. The molecule has 34 heavy (non-hydrogen) atoms. The standard InChI is InChI=1S/C25H32ClN5O3/c1-3-24(32)30(12-11-29-13-15-34-16-14-29)18-25(33)31-23(19-6-8-20(26)9-7-19)17-21(27-31)22-5-4-10-28(22)2/h4-10,23H,3,11-18H2,1-2H3/t23-/m1/s1. The molecule has 2 aromatic rings. The Hall–Kier alpha value is -2.68. The Kier molecular flexibility index (Phi) is 8.03. The minimum Gasteiger partial charge on any atom is -0.379 e. The van der Waals surface area contributed by atoms with E-state index in [-0.39, 0.29) is 24.4 Å². The van der Waals surface area contributed by atoms with Crippen molar-refractivity contribution in [2.75, 3.05) is 45.9 Å². The molecule has 8 nitrogen and oxygen atoms in total. The van der Waals surface area contributed by atoms with E-state index in [0.717, 1.165) is 36.6 Å². The highest BCUT2D eigenvalue weighted by Crippen LogP contribution is 2.33. The number of amides is 2. The Balaban J connectivity index is 1.53.